The lowest BCUT2D eigenvalue weighted by molar-refractivity contribution is 0.0735. The molecule has 0 spiro atoms. The Morgan fingerprint density at radius 1 is 1.17 bits per heavy atom. The van der Waals surface area contributed by atoms with E-state index in [0.717, 1.165) is 12.1 Å². The van der Waals surface area contributed by atoms with Crippen molar-refractivity contribution in [3.8, 4) is 0 Å². The molecule has 5 heteroatoms. The van der Waals surface area contributed by atoms with Crippen molar-refractivity contribution in [2.45, 2.75) is 19.4 Å². The molecule has 0 unspecified atom stereocenters. The summed E-state index contributed by atoms with van der Waals surface area (Å²) in [5.41, 5.74) is 7.88. The van der Waals surface area contributed by atoms with E-state index in [1.54, 1.807) is 36.4 Å². The summed E-state index contributed by atoms with van der Waals surface area (Å²) in [4.78, 5) is 14.6. The van der Waals surface area contributed by atoms with Crippen LogP contribution in [0.4, 0.5) is 10.1 Å². The largest absolute Gasteiger partial charge is 0.399 e. The van der Waals surface area contributed by atoms with Crippen LogP contribution in [-0.2, 0) is 6.54 Å². The minimum absolute atomic E-state index is 0. The number of carbonyl (C=O) groups is 1. The molecular formula is C18H20ClFN2O. The second-order valence-corrected chi connectivity index (χ2v) is 5.88. The van der Waals surface area contributed by atoms with Crippen LogP contribution in [0.3, 0.4) is 0 Å². The first-order chi connectivity index (χ1) is 10.6. The van der Waals surface area contributed by atoms with Crippen LogP contribution in [-0.4, -0.2) is 17.4 Å². The molecule has 1 fully saturated rings. The topological polar surface area (TPSA) is 46.3 Å². The zero-order valence-corrected chi connectivity index (χ0v) is 13.6. The van der Waals surface area contributed by atoms with Gasteiger partial charge in [-0.2, -0.15) is 0 Å². The monoisotopic (exact) mass is 334 g/mol. The number of nitrogens with zero attached hydrogens (tertiary/aromatic N) is 1. The predicted octanol–water partition coefficient (Wildman–Crippen LogP) is 3.88. The van der Waals surface area contributed by atoms with Crippen molar-refractivity contribution in [1.82, 2.24) is 4.90 Å². The Kier molecular flexibility index (Phi) is 5.61. The summed E-state index contributed by atoms with van der Waals surface area (Å²) in [6, 6.07) is 13.3. The summed E-state index contributed by atoms with van der Waals surface area (Å²) in [5, 5.41) is 0. The molecule has 2 aromatic rings. The van der Waals surface area contributed by atoms with Gasteiger partial charge in [0, 0.05) is 24.3 Å². The first-order valence-electron chi connectivity index (χ1n) is 7.51. The molecular weight excluding hydrogens is 315 g/mol. The first-order valence-corrected chi connectivity index (χ1v) is 7.51. The molecule has 0 aliphatic heterocycles. The van der Waals surface area contributed by atoms with Gasteiger partial charge in [0.15, 0.2) is 0 Å². The lowest BCUT2D eigenvalue weighted by Crippen LogP contribution is -2.32. The Hall–Kier alpha value is -2.07. The summed E-state index contributed by atoms with van der Waals surface area (Å²) >= 11 is 0. The Balaban J connectivity index is 0.00000192. The summed E-state index contributed by atoms with van der Waals surface area (Å²) in [6.45, 7) is 1.23. The second kappa shape index (κ2) is 7.47. The van der Waals surface area contributed by atoms with E-state index in [1.807, 2.05) is 4.90 Å². The third-order valence-electron chi connectivity index (χ3n) is 3.88. The number of nitrogen functional groups attached to an aromatic ring is 1. The van der Waals surface area contributed by atoms with Crippen LogP contribution < -0.4 is 5.73 Å². The van der Waals surface area contributed by atoms with E-state index in [2.05, 4.69) is 0 Å². The van der Waals surface area contributed by atoms with Crippen molar-refractivity contribution in [3.05, 3.63) is 65.5 Å². The molecule has 122 valence electrons. The van der Waals surface area contributed by atoms with E-state index in [-0.39, 0.29) is 24.1 Å². The number of carbonyl (C=O) groups excluding carboxylic acids is 1. The smallest absolute Gasteiger partial charge is 0.254 e. The van der Waals surface area contributed by atoms with Gasteiger partial charge < -0.3 is 10.6 Å². The lowest BCUT2D eigenvalue weighted by atomic mass is 10.1. The van der Waals surface area contributed by atoms with Crippen LogP contribution in [0.1, 0.15) is 28.8 Å². The number of halogens is 2. The molecule has 2 aromatic carbocycles. The first kappa shape index (κ1) is 17.3. The molecule has 0 atom stereocenters. The number of amides is 1. The number of benzene rings is 2. The van der Waals surface area contributed by atoms with Crippen LogP contribution in [0.25, 0.3) is 0 Å². The minimum Gasteiger partial charge on any atom is -0.399 e. The average Bonchev–Trinajstić information content (AvgIpc) is 3.32. The maximum absolute atomic E-state index is 13.0. The van der Waals surface area contributed by atoms with Crippen molar-refractivity contribution < 1.29 is 9.18 Å². The summed E-state index contributed by atoms with van der Waals surface area (Å²) < 4.78 is 13.0. The van der Waals surface area contributed by atoms with Crippen LogP contribution in [0.5, 0.6) is 0 Å². The molecule has 0 heterocycles. The van der Waals surface area contributed by atoms with Crippen molar-refractivity contribution >= 4 is 24.0 Å². The van der Waals surface area contributed by atoms with Gasteiger partial charge in [0.2, 0.25) is 0 Å². The molecule has 1 saturated carbocycles. The van der Waals surface area contributed by atoms with Crippen LogP contribution in [0, 0.1) is 11.7 Å². The average molecular weight is 335 g/mol. The minimum atomic E-state index is -0.264. The Morgan fingerprint density at radius 3 is 2.48 bits per heavy atom. The molecule has 0 bridgehead atoms. The number of rotatable bonds is 5. The molecule has 2 N–H and O–H groups in total. The number of hydrogen-bond acceptors (Lipinski definition) is 2. The third-order valence-corrected chi connectivity index (χ3v) is 3.88. The normalized spacial score (nSPS) is 13.3. The SMILES string of the molecule is Cl.Nc1cccc(C(=O)N(Cc2ccc(F)cc2)CC2CC2)c1. The second-order valence-electron chi connectivity index (χ2n) is 5.88. The molecule has 0 radical (unpaired) electrons. The van der Waals surface area contributed by atoms with Gasteiger partial charge in [0.25, 0.3) is 5.91 Å². The van der Waals surface area contributed by atoms with Gasteiger partial charge in [-0.1, -0.05) is 18.2 Å². The molecule has 3 rings (SSSR count). The van der Waals surface area contributed by atoms with E-state index >= 15 is 0 Å². The van der Waals surface area contributed by atoms with Crippen molar-refractivity contribution in [2.75, 3.05) is 12.3 Å². The highest BCUT2D eigenvalue weighted by Crippen LogP contribution is 2.30. The maximum atomic E-state index is 13.0. The molecule has 0 saturated heterocycles. The van der Waals surface area contributed by atoms with E-state index in [4.69, 9.17) is 5.73 Å². The van der Waals surface area contributed by atoms with E-state index < -0.39 is 0 Å². The standard InChI is InChI=1S/C18H19FN2O.ClH/c19-16-8-6-14(7-9-16)12-21(11-13-4-5-13)18(22)15-2-1-3-17(20)10-15;/h1-3,6-10,13H,4-5,11-12,20H2;1H. The van der Waals surface area contributed by atoms with Gasteiger partial charge in [-0.3, -0.25) is 4.79 Å². The van der Waals surface area contributed by atoms with Gasteiger partial charge in [-0.15, -0.1) is 12.4 Å². The molecule has 1 amide bonds. The summed E-state index contributed by atoms with van der Waals surface area (Å²) in [6.07, 6.45) is 2.34. The fraction of sp³-hybridized carbons (Fsp3) is 0.278. The quantitative estimate of drug-likeness (QED) is 0.843. The number of anilines is 1. The van der Waals surface area contributed by atoms with Crippen LogP contribution in [0.15, 0.2) is 48.5 Å². The van der Waals surface area contributed by atoms with Crippen LogP contribution in [0.2, 0.25) is 0 Å². The number of hydrogen-bond donors (Lipinski definition) is 1. The highest BCUT2D eigenvalue weighted by molar-refractivity contribution is 5.95. The molecule has 23 heavy (non-hydrogen) atoms. The molecule has 1 aliphatic carbocycles. The van der Waals surface area contributed by atoms with Crippen molar-refractivity contribution in [2.24, 2.45) is 5.92 Å². The van der Waals surface area contributed by atoms with Gasteiger partial charge in [-0.05, 0) is 54.7 Å². The van der Waals surface area contributed by atoms with Crippen molar-refractivity contribution in [1.29, 1.82) is 0 Å². The van der Waals surface area contributed by atoms with Crippen LogP contribution >= 0.6 is 12.4 Å². The van der Waals surface area contributed by atoms with Gasteiger partial charge in [0.1, 0.15) is 5.82 Å². The Bertz CT molecular complexity index is 671. The summed E-state index contributed by atoms with van der Waals surface area (Å²) in [7, 11) is 0. The van der Waals surface area contributed by atoms with Gasteiger partial charge in [0.05, 0.1) is 0 Å². The fourth-order valence-corrected chi connectivity index (χ4v) is 2.50. The van der Waals surface area contributed by atoms with Crippen molar-refractivity contribution in [3.63, 3.8) is 0 Å². The molecule has 0 aromatic heterocycles. The molecule has 1 aliphatic rings. The fourth-order valence-electron chi connectivity index (χ4n) is 2.50. The summed E-state index contributed by atoms with van der Waals surface area (Å²) in [5.74, 6) is 0.300. The Labute approximate surface area is 141 Å². The number of nitrogens with two attached hydrogens (primary N) is 1. The zero-order valence-electron chi connectivity index (χ0n) is 12.7. The third kappa shape index (κ3) is 4.70. The van der Waals surface area contributed by atoms with E-state index in [0.29, 0.717) is 23.7 Å². The lowest BCUT2D eigenvalue weighted by Gasteiger charge is -2.23. The highest BCUT2D eigenvalue weighted by atomic mass is 35.5. The predicted molar refractivity (Wildman–Crippen MR) is 92.0 cm³/mol. The zero-order chi connectivity index (χ0) is 15.5. The van der Waals surface area contributed by atoms with Gasteiger partial charge in [-0.25, -0.2) is 4.39 Å². The van der Waals surface area contributed by atoms with E-state index in [1.165, 1.54) is 25.0 Å². The maximum Gasteiger partial charge on any atom is 0.254 e. The molecule has 3 nitrogen and oxygen atoms in total. The van der Waals surface area contributed by atoms with E-state index in [9.17, 15) is 9.18 Å². The Morgan fingerprint density at radius 2 is 1.87 bits per heavy atom. The highest BCUT2D eigenvalue weighted by Gasteiger charge is 2.27. The van der Waals surface area contributed by atoms with Gasteiger partial charge >= 0.3 is 0 Å².